The number of fused-ring (bicyclic) bond motifs is 1. The minimum absolute atomic E-state index is 0.0563. The molecule has 28 heavy (non-hydrogen) atoms. The molecule has 2 aromatic rings. The number of ether oxygens (including phenoxy) is 1. The molecule has 17 heteroatoms. The number of H-pyrrole nitrogens is 1. The number of nitrogens with two attached hydrogens (primary N) is 1. The maximum atomic E-state index is 12.1. The minimum atomic E-state index is -4.86. The molecule has 1 fully saturated rings. The van der Waals surface area contributed by atoms with Gasteiger partial charge in [0, 0.05) is 6.42 Å². The van der Waals surface area contributed by atoms with Crippen LogP contribution in [0.5, 0.6) is 0 Å². The van der Waals surface area contributed by atoms with Crippen LogP contribution in [0.15, 0.2) is 11.1 Å². The van der Waals surface area contributed by atoms with Gasteiger partial charge in [-0.25, -0.2) is 13.4 Å². The van der Waals surface area contributed by atoms with Gasteiger partial charge >= 0.3 is 20.2 Å². The molecule has 14 nitrogen and oxygen atoms in total. The molecule has 1 aliphatic heterocycles. The molecule has 0 saturated carbocycles. The van der Waals surface area contributed by atoms with Crippen molar-refractivity contribution in [2.45, 2.75) is 24.9 Å². The molecule has 3 heterocycles. The largest absolute Gasteiger partial charge is 0.479 e. The highest BCUT2D eigenvalue weighted by atomic mass is 32.5. The van der Waals surface area contributed by atoms with Crippen LogP contribution < -0.4 is 15.9 Å². The number of phosphoric acid groups is 1. The maximum Gasteiger partial charge on any atom is 0.479 e. The molecule has 1 unspecified atom stereocenters. The van der Waals surface area contributed by atoms with Crippen LogP contribution >= 0.6 is 14.5 Å². The van der Waals surface area contributed by atoms with Crippen LogP contribution in [-0.4, -0.2) is 53.1 Å². The van der Waals surface area contributed by atoms with Crippen molar-refractivity contribution in [3.8, 4) is 0 Å². The molecular weight excluding hydrogens is 440 g/mol. The lowest BCUT2D eigenvalue weighted by Gasteiger charge is -2.18. The first kappa shape index (κ1) is 21.5. The molecule has 0 aliphatic carbocycles. The molecular formula is C11H18N5O9P2S+. The third-order valence-corrected chi connectivity index (χ3v) is 6.67. The Morgan fingerprint density at radius 2 is 2.21 bits per heavy atom. The summed E-state index contributed by atoms with van der Waals surface area (Å²) >= 11 is 4.11. The Kier molecular flexibility index (Phi) is 5.78. The number of hydrogen-bond donors (Lipinski definition) is 6. The van der Waals surface area contributed by atoms with E-state index in [1.54, 1.807) is 7.05 Å². The SMILES string of the molecule is Cn1c[n+]([C@H]2C[C@H](O)[C@@H](COP(=O)(O)OP(O)(O)=S)O2)c2nc(N)[nH]c(=O)c21. The fourth-order valence-corrected chi connectivity index (χ4v) is 5.20. The van der Waals surface area contributed by atoms with Crippen LogP contribution in [0.25, 0.3) is 11.2 Å². The molecule has 0 radical (unpaired) electrons. The number of aliphatic hydroxyl groups is 1. The summed E-state index contributed by atoms with van der Waals surface area (Å²) in [5.41, 5.74) is 5.58. The van der Waals surface area contributed by atoms with E-state index in [4.69, 9.17) is 20.3 Å². The summed E-state index contributed by atoms with van der Waals surface area (Å²) in [6.07, 6.45) is -1.34. The van der Waals surface area contributed by atoms with Gasteiger partial charge in [-0.3, -0.25) is 18.9 Å². The Hall–Kier alpha value is -1.25. The molecule has 0 bridgehead atoms. The number of nitrogen functional groups attached to an aromatic ring is 1. The normalized spacial score (nSPS) is 25.2. The number of rotatable bonds is 6. The lowest BCUT2D eigenvalue weighted by atomic mass is 10.2. The molecule has 1 aliphatic rings. The van der Waals surface area contributed by atoms with E-state index < -0.39 is 45.1 Å². The van der Waals surface area contributed by atoms with E-state index in [2.05, 4.69) is 30.6 Å². The van der Waals surface area contributed by atoms with E-state index >= 15 is 0 Å². The van der Waals surface area contributed by atoms with Crippen LogP contribution in [0.3, 0.4) is 0 Å². The van der Waals surface area contributed by atoms with Gasteiger partial charge in [-0.15, -0.1) is 0 Å². The quantitative estimate of drug-likeness (QED) is 0.208. The summed E-state index contributed by atoms with van der Waals surface area (Å²) in [7, 11) is -3.25. The number of aromatic amines is 1. The Labute approximate surface area is 162 Å². The molecule has 156 valence electrons. The lowest BCUT2D eigenvalue weighted by molar-refractivity contribution is -0.739. The fraction of sp³-hybridized carbons (Fsp3) is 0.545. The van der Waals surface area contributed by atoms with Crippen molar-refractivity contribution in [3.05, 3.63) is 16.7 Å². The zero-order chi connectivity index (χ0) is 20.9. The number of aliphatic hydroxyl groups excluding tert-OH is 1. The van der Waals surface area contributed by atoms with E-state index in [0.29, 0.717) is 0 Å². The Bertz CT molecular complexity index is 1050. The number of aromatic nitrogens is 4. The van der Waals surface area contributed by atoms with Gasteiger partial charge in [-0.2, -0.15) is 0 Å². The summed E-state index contributed by atoms with van der Waals surface area (Å²) in [4.78, 5) is 45.9. The molecule has 2 aromatic heterocycles. The highest BCUT2D eigenvalue weighted by molar-refractivity contribution is 8.08. The van der Waals surface area contributed by atoms with Crippen molar-refractivity contribution >= 4 is 43.5 Å². The number of aryl methyl sites for hydroxylation is 1. The molecule has 0 spiro atoms. The number of imidazole rings is 1. The van der Waals surface area contributed by atoms with Crippen LogP contribution in [0.1, 0.15) is 12.6 Å². The van der Waals surface area contributed by atoms with Gasteiger partial charge in [0.2, 0.25) is 5.52 Å². The van der Waals surface area contributed by atoms with Gasteiger partial charge in [0.25, 0.3) is 11.5 Å². The maximum absolute atomic E-state index is 12.1. The summed E-state index contributed by atoms with van der Waals surface area (Å²) in [5.74, 6) is -0.0991. The van der Waals surface area contributed by atoms with E-state index in [9.17, 15) is 19.4 Å². The molecule has 3 rings (SSSR count). The van der Waals surface area contributed by atoms with Gasteiger partial charge in [0.15, 0.2) is 12.6 Å². The Morgan fingerprint density at radius 3 is 2.86 bits per heavy atom. The lowest BCUT2D eigenvalue weighted by Crippen LogP contribution is -2.39. The van der Waals surface area contributed by atoms with E-state index in [1.165, 1.54) is 15.5 Å². The van der Waals surface area contributed by atoms with Crippen molar-refractivity contribution in [1.82, 2.24) is 14.5 Å². The number of nitrogens with one attached hydrogen (secondary N) is 1. The summed E-state index contributed by atoms with van der Waals surface area (Å²) < 4.78 is 28.9. The summed E-state index contributed by atoms with van der Waals surface area (Å²) in [6, 6.07) is 0. The highest BCUT2D eigenvalue weighted by Gasteiger charge is 2.41. The Morgan fingerprint density at radius 1 is 1.54 bits per heavy atom. The molecule has 0 amide bonds. The number of anilines is 1. The second-order valence-electron chi connectivity index (χ2n) is 6.03. The first-order chi connectivity index (χ1) is 12.9. The predicted octanol–water partition coefficient (Wildman–Crippen LogP) is -1.88. The third-order valence-electron chi connectivity index (χ3n) is 3.92. The zero-order valence-electron chi connectivity index (χ0n) is 14.3. The van der Waals surface area contributed by atoms with E-state index in [-0.39, 0.29) is 23.5 Å². The van der Waals surface area contributed by atoms with E-state index in [1.807, 2.05) is 0 Å². The zero-order valence-corrected chi connectivity index (χ0v) is 16.9. The van der Waals surface area contributed by atoms with Crippen molar-refractivity contribution < 1.29 is 42.5 Å². The summed E-state index contributed by atoms with van der Waals surface area (Å²) in [5, 5.41) is 10.2. The van der Waals surface area contributed by atoms with Crippen LogP contribution in [0, 0.1) is 0 Å². The number of phosphoric ester groups is 1. The monoisotopic (exact) mass is 458 g/mol. The predicted molar refractivity (Wildman–Crippen MR) is 96.1 cm³/mol. The van der Waals surface area contributed by atoms with Gasteiger partial charge in [-0.1, -0.05) is 4.98 Å². The fourth-order valence-electron chi connectivity index (χ4n) is 2.84. The molecule has 7 N–H and O–H groups in total. The van der Waals surface area contributed by atoms with E-state index in [0.717, 1.165) is 0 Å². The first-order valence-corrected chi connectivity index (χ1v) is 11.8. The minimum Gasteiger partial charge on any atom is -0.390 e. The molecule has 0 aromatic carbocycles. The van der Waals surface area contributed by atoms with Gasteiger partial charge in [-0.05, 0) is 11.8 Å². The van der Waals surface area contributed by atoms with Crippen LogP contribution in [0.4, 0.5) is 5.95 Å². The van der Waals surface area contributed by atoms with Crippen LogP contribution in [-0.2, 0) is 37.0 Å². The van der Waals surface area contributed by atoms with Crippen molar-refractivity contribution in [2.24, 2.45) is 7.05 Å². The van der Waals surface area contributed by atoms with Crippen molar-refractivity contribution in [1.29, 1.82) is 0 Å². The van der Waals surface area contributed by atoms with Gasteiger partial charge in [0.1, 0.15) is 6.10 Å². The first-order valence-electron chi connectivity index (χ1n) is 7.70. The topological polar surface area (TPSA) is 206 Å². The Balaban J connectivity index is 1.78. The van der Waals surface area contributed by atoms with Gasteiger partial charge < -0.3 is 30.3 Å². The smallest absolute Gasteiger partial charge is 0.390 e. The van der Waals surface area contributed by atoms with Crippen molar-refractivity contribution in [2.75, 3.05) is 12.3 Å². The second-order valence-corrected chi connectivity index (χ2v) is 10.3. The van der Waals surface area contributed by atoms with Crippen molar-refractivity contribution in [3.63, 3.8) is 0 Å². The average molecular weight is 458 g/mol. The third kappa shape index (κ3) is 4.66. The standard InChI is InChI=1S/C11H17N5O9P2S/c1-15-4-16(9-8(15)10(18)14-11(12)13-9)7-2-5(17)6(24-7)3-23-26(19,20)25-27(21,22)28/h4-7,17H,2-3H2,1H3,(H5-,12,13,14,18,19,20,21,22,28)/p+1/t5-,6+,7+/m0/s1. The number of hydrogen-bond acceptors (Lipinski definition) is 9. The highest BCUT2D eigenvalue weighted by Crippen LogP contribution is 2.57. The van der Waals surface area contributed by atoms with Gasteiger partial charge in [0.05, 0.1) is 19.8 Å². The molecule has 1 saturated heterocycles. The number of nitrogens with zero attached hydrogens (tertiary/aromatic N) is 3. The second kappa shape index (κ2) is 7.54. The van der Waals surface area contributed by atoms with Crippen LogP contribution in [0.2, 0.25) is 0 Å². The molecule has 4 atom stereocenters. The average Bonchev–Trinajstić information content (AvgIpc) is 3.03. The summed E-state index contributed by atoms with van der Waals surface area (Å²) in [6.45, 7) is -5.02.